The van der Waals surface area contributed by atoms with E-state index in [1.165, 1.54) is 0 Å². The standard InChI is InChI=1S/C10H17NOS2/c1-3-11-9(2)6-8-14(12)10-5-4-7-13-10/h4-5,7,9,11H,3,6,8H2,1-2H3. The summed E-state index contributed by atoms with van der Waals surface area (Å²) in [6, 6.07) is 4.36. The molecule has 0 aliphatic rings. The molecule has 1 N–H and O–H groups in total. The van der Waals surface area contributed by atoms with E-state index in [2.05, 4.69) is 19.2 Å². The maximum atomic E-state index is 11.7. The van der Waals surface area contributed by atoms with E-state index in [4.69, 9.17) is 0 Å². The van der Waals surface area contributed by atoms with Gasteiger partial charge in [-0.1, -0.05) is 13.0 Å². The fourth-order valence-electron chi connectivity index (χ4n) is 1.23. The Bertz CT molecular complexity index is 272. The zero-order valence-electron chi connectivity index (χ0n) is 8.66. The van der Waals surface area contributed by atoms with Crippen LogP contribution in [0.5, 0.6) is 0 Å². The monoisotopic (exact) mass is 231 g/mol. The van der Waals surface area contributed by atoms with Gasteiger partial charge in [-0.2, -0.15) is 0 Å². The average Bonchev–Trinajstić information content (AvgIpc) is 2.67. The third kappa shape index (κ3) is 3.90. The predicted molar refractivity (Wildman–Crippen MR) is 63.4 cm³/mol. The van der Waals surface area contributed by atoms with E-state index in [-0.39, 0.29) is 0 Å². The van der Waals surface area contributed by atoms with Crippen LogP contribution >= 0.6 is 11.3 Å². The Kier molecular flexibility index (Phi) is 5.37. The molecule has 2 unspecified atom stereocenters. The van der Waals surface area contributed by atoms with E-state index in [0.717, 1.165) is 22.9 Å². The molecule has 1 rings (SSSR count). The lowest BCUT2D eigenvalue weighted by atomic mass is 10.3. The van der Waals surface area contributed by atoms with Gasteiger partial charge in [0.25, 0.3) is 0 Å². The van der Waals surface area contributed by atoms with Crippen LogP contribution in [0.15, 0.2) is 21.7 Å². The molecule has 0 fully saturated rings. The molecular formula is C10H17NOS2. The highest BCUT2D eigenvalue weighted by Crippen LogP contribution is 2.14. The van der Waals surface area contributed by atoms with Crippen LogP contribution in [-0.2, 0) is 10.8 Å². The quantitative estimate of drug-likeness (QED) is 0.813. The fourth-order valence-corrected chi connectivity index (χ4v) is 3.52. The molecule has 0 saturated heterocycles. The first-order chi connectivity index (χ1) is 6.74. The third-order valence-corrected chi connectivity index (χ3v) is 4.71. The van der Waals surface area contributed by atoms with Crippen molar-refractivity contribution < 1.29 is 4.21 Å². The molecular weight excluding hydrogens is 214 g/mol. The largest absolute Gasteiger partial charge is 0.315 e. The Balaban J connectivity index is 2.28. The maximum absolute atomic E-state index is 11.7. The first-order valence-electron chi connectivity index (χ1n) is 4.89. The van der Waals surface area contributed by atoms with Gasteiger partial charge in [-0.05, 0) is 31.3 Å². The van der Waals surface area contributed by atoms with Gasteiger partial charge in [0.1, 0.15) is 0 Å². The van der Waals surface area contributed by atoms with E-state index in [9.17, 15) is 4.21 Å². The summed E-state index contributed by atoms with van der Waals surface area (Å²) in [7, 11) is -0.798. The molecule has 0 spiro atoms. The summed E-state index contributed by atoms with van der Waals surface area (Å²) in [6.07, 6.45) is 0.971. The van der Waals surface area contributed by atoms with Crippen molar-refractivity contribution in [2.45, 2.75) is 30.5 Å². The molecule has 0 aromatic carbocycles. The molecule has 1 aromatic heterocycles. The van der Waals surface area contributed by atoms with E-state index >= 15 is 0 Å². The summed E-state index contributed by atoms with van der Waals surface area (Å²) >= 11 is 1.58. The minimum Gasteiger partial charge on any atom is -0.315 e. The number of hydrogen-bond acceptors (Lipinski definition) is 3. The van der Waals surface area contributed by atoms with Crippen LogP contribution < -0.4 is 5.32 Å². The summed E-state index contributed by atoms with van der Waals surface area (Å²) in [6.45, 7) is 5.20. The second kappa shape index (κ2) is 6.32. The van der Waals surface area contributed by atoms with Gasteiger partial charge in [0.05, 0.1) is 15.0 Å². The lowest BCUT2D eigenvalue weighted by Crippen LogP contribution is -2.26. The van der Waals surface area contributed by atoms with Crippen LogP contribution in [0.4, 0.5) is 0 Å². The summed E-state index contributed by atoms with van der Waals surface area (Å²) in [5, 5.41) is 5.29. The SMILES string of the molecule is CCNC(C)CCS(=O)c1cccs1. The molecule has 80 valence electrons. The molecule has 1 heterocycles. The van der Waals surface area contributed by atoms with Crippen LogP contribution in [0.1, 0.15) is 20.3 Å². The first-order valence-corrected chi connectivity index (χ1v) is 7.09. The summed E-state index contributed by atoms with van der Waals surface area (Å²) in [5.41, 5.74) is 0. The minimum absolute atomic E-state index is 0.462. The lowest BCUT2D eigenvalue weighted by molar-refractivity contribution is 0.553. The molecule has 4 heteroatoms. The molecule has 2 nitrogen and oxygen atoms in total. The zero-order valence-corrected chi connectivity index (χ0v) is 10.3. The molecule has 0 aliphatic carbocycles. The second-order valence-corrected chi connectivity index (χ2v) is 5.97. The van der Waals surface area contributed by atoms with Gasteiger partial charge in [-0.15, -0.1) is 11.3 Å². The fraction of sp³-hybridized carbons (Fsp3) is 0.600. The van der Waals surface area contributed by atoms with Crippen molar-refractivity contribution in [2.24, 2.45) is 0 Å². The van der Waals surface area contributed by atoms with Crippen LogP contribution in [0.3, 0.4) is 0 Å². The first kappa shape index (κ1) is 11.9. The molecule has 0 aliphatic heterocycles. The molecule has 0 amide bonds. The van der Waals surface area contributed by atoms with Crippen LogP contribution in [0.25, 0.3) is 0 Å². The van der Waals surface area contributed by atoms with E-state index in [1.807, 2.05) is 17.5 Å². The highest BCUT2D eigenvalue weighted by Gasteiger charge is 2.07. The lowest BCUT2D eigenvalue weighted by Gasteiger charge is -2.10. The van der Waals surface area contributed by atoms with Crippen molar-refractivity contribution in [3.8, 4) is 0 Å². The Morgan fingerprint density at radius 1 is 1.64 bits per heavy atom. The van der Waals surface area contributed by atoms with Gasteiger partial charge in [0.2, 0.25) is 0 Å². The molecule has 0 radical (unpaired) electrons. The van der Waals surface area contributed by atoms with Gasteiger partial charge >= 0.3 is 0 Å². The normalized spacial score (nSPS) is 15.3. The van der Waals surface area contributed by atoms with Crippen molar-refractivity contribution in [2.75, 3.05) is 12.3 Å². The Labute approximate surface area is 92.2 Å². The average molecular weight is 231 g/mol. The molecule has 0 saturated carbocycles. The molecule has 0 bridgehead atoms. The zero-order chi connectivity index (χ0) is 10.4. The highest BCUT2D eigenvalue weighted by molar-refractivity contribution is 7.87. The van der Waals surface area contributed by atoms with Gasteiger partial charge in [-0.3, -0.25) is 4.21 Å². The number of hydrogen-bond donors (Lipinski definition) is 1. The van der Waals surface area contributed by atoms with E-state index in [0.29, 0.717) is 6.04 Å². The molecule has 1 aromatic rings. The minimum atomic E-state index is -0.798. The Hall–Kier alpha value is -0.190. The summed E-state index contributed by atoms with van der Waals surface area (Å²) < 4.78 is 12.7. The van der Waals surface area contributed by atoms with E-state index < -0.39 is 10.8 Å². The Morgan fingerprint density at radius 3 is 3.00 bits per heavy atom. The van der Waals surface area contributed by atoms with Crippen molar-refractivity contribution in [1.29, 1.82) is 0 Å². The van der Waals surface area contributed by atoms with E-state index in [1.54, 1.807) is 11.3 Å². The highest BCUT2D eigenvalue weighted by atomic mass is 32.2. The summed E-state index contributed by atoms with van der Waals surface area (Å²) in [4.78, 5) is 0. The van der Waals surface area contributed by atoms with Gasteiger partial charge < -0.3 is 5.32 Å². The van der Waals surface area contributed by atoms with Crippen molar-refractivity contribution in [3.05, 3.63) is 17.5 Å². The second-order valence-electron chi connectivity index (χ2n) is 3.23. The summed E-state index contributed by atoms with van der Waals surface area (Å²) in [5.74, 6) is 0.759. The number of thiophene rings is 1. The predicted octanol–water partition coefficient (Wildman–Crippen LogP) is 2.24. The Morgan fingerprint density at radius 2 is 2.43 bits per heavy atom. The number of nitrogens with one attached hydrogen (secondary N) is 1. The number of rotatable bonds is 6. The van der Waals surface area contributed by atoms with Gasteiger partial charge in [0.15, 0.2) is 0 Å². The smallest absolute Gasteiger partial charge is 0.0910 e. The van der Waals surface area contributed by atoms with Crippen molar-refractivity contribution in [1.82, 2.24) is 5.32 Å². The van der Waals surface area contributed by atoms with Gasteiger partial charge in [-0.25, -0.2) is 0 Å². The van der Waals surface area contributed by atoms with Crippen LogP contribution in [-0.4, -0.2) is 22.5 Å². The van der Waals surface area contributed by atoms with Gasteiger partial charge in [0, 0.05) is 11.8 Å². The third-order valence-electron chi connectivity index (χ3n) is 2.01. The molecule has 2 atom stereocenters. The maximum Gasteiger partial charge on any atom is 0.0910 e. The van der Waals surface area contributed by atoms with Crippen molar-refractivity contribution in [3.63, 3.8) is 0 Å². The molecule has 14 heavy (non-hydrogen) atoms. The van der Waals surface area contributed by atoms with Crippen molar-refractivity contribution >= 4 is 22.1 Å². The van der Waals surface area contributed by atoms with Crippen LogP contribution in [0, 0.1) is 0 Å². The topological polar surface area (TPSA) is 29.1 Å². The van der Waals surface area contributed by atoms with Crippen LogP contribution in [0.2, 0.25) is 0 Å².